The fourth-order valence-corrected chi connectivity index (χ4v) is 1.40. The van der Waals surface area contributed by atoms with E-state index in [4.69, 9.17) is 5.73 Å². The van der Waals surface area contributed by atoms with Crippen LogP contribution in [0.25, 0.3) is 11.3 Å². The van der Waals surface area contributed by atoms with Gasteiger partial charge in [-0.2, -0.15) is 5.10 Å². The first-order valence-electron chi connectivity index (χ1n) is 4.22. The standard InChI is InChI=1S/C10H10FN3/c1-14-9(5-6-13-14)7-3-2-4-8(11)10(7)12/h2-6H,12H2,1H3. The first kappa shape index (κ1) is 8.74. The van der Waals surface area contributed by atoms with Crippen LogP contribution in [-0.2, 0) is 7.05 Å². The molecule has 0 aliphatic carbocycles. The van der Waals surface area contributed by atoms with E-state index in [-0.39, 0.29) is 5.69 Å². The van der Waals surface area contributed by atoms with Crippen molar-refractivity contribution in [1.82, 2.24) is 9.78 Å². The highest BCUT2D eigenvalue weighted by atomic mass is 19.1. The minimum Gasteiger partial charge on any atom is -0.396 e. The molecule has 3 nitrogen and oxygen atoms in total. The number of anilines is 1. The molecule has 0 unspecified atom stereocenters. The number of hydrogen-bond acceptors (Lipinski definition) is 2. The summed E-state index contributed by atoms with van der Waals surface area (Å²) in [5, 5.41) is 4.00. The summed E-state index contributed by atoms with van der Waals surface area (Å²) in [5.74, 6) is -0.399. The summed E-state index contributed by atoms with van der Waals surface area (Å²) < 4.78 is 14.8. The summed E-state index contributed by atoms with van der Waals surface area (Å²) in [5.41, 5.74) is 7.27. The molecular weight excluding hydrogens is 181 g/mol. The van der Waals surface area contributed by atoms with E-state index in [9.17, 15) is 4.39 Å². The van der Waals surface area contributed by atoms with Gasteiger partial charge in [-0.15, -0.1) is 0 Å². The lowest BCUT2D eigenvalue weighted by atomic mass is 10.1. The third kappa shape index (κ3) is 1.25. The molecular formula is C10H10FN3. The number of para-hydroxylation sites is 1. The molecule has 72 valence electrons. The summed E-state index contributed by atoms with van der Waals surface area (Å²) in [7, 11) is 1.79. The van der Waals surface area contributed by atoms with Gasteiger partial charge in [0.1, 0.15) is 5.82 Å². The maximum absolute atomic E-state index is 13.1. The van der Waals surface area contributed by atoms with Crippen molar-refractivity contribution in [3.05, 3.63) is 36.3 Å². The van der Waals surface area contributed by atoms with Crippen molar-refractivity contribution >= 4 is 5.69 Å². The molecule has 4 heteroatoms. The zero-order valence-corrected chi connectivity index (χ0v) is 7.74. The van der Waals surface area contributed by atoms with Gasteiger partial charge in [0, 0.05) is 18.8 Å². The smallest absolute Gasteiger partial charge is 0.146 e. The zero-order valence-electron chi connectivity index (χ0n) is 7.74. The predicted molar refractivity (Wildman–Crippen MR) is 53.0 cm³/mol. The summed E-state index contributed by atoms with van der Waals surface area (Å²) in [6, 6.07) is 6.55. The van der Waals surface area contributed by atoms with Crippen molar-refractivity contribution in [1.29, 1.82) is 0 Å². The first-order valence-corrected chi connectivity index (χ1v) is 4.22. The summed E-state index contributed by atoms with van der Waals surface area (Å²) >= 11 is 0. The van der Waals surface area contributed by atoms with Crippen LogP contribution in [0.1, 0.15) is 0 Å². The summed E-state index contributed by atoms with van der Waals surface area (Å²) in [6.45, 7) is 0. The van der Waals surface area contributed by atoms with Crippen LogP contribution in [0.15, 0.2) is 30.5 Å². The third-order valence-corrected chi connectivity index (χ3v) is 2.15. The van der Waals surface area contributed by atoms with Crippen LogP contribution in [0.2, 0.25) is 0 Å². The van der Waals surface area contributed by atoms with Gasteiger partial charge in [0.2, 0.25) is 0 Å². The molecule has 0 aliphatic rings. The van der Waals surface area contributed by atoms with Crippen molar-refractivity contribution < 1.29 is 4.39 Å². The molecule has 2 rings (SSSR count). The van der Waals surface area contributed by atoms with E-state index in [1.807, 2.05) is 0 Å². The van der Waals surface area contributed by atoms with Gasteiger partial charge in [-0.25, -0.2) is 4.39 Å². The molecule has 2 N–H and O–H groups in total. The van der Waals surface area contributed by atoms with Crippen molar-refractivity contribution in [3.8, 4) is 11.3 Å². The van der Waals surface area contributed by atoms with Crippen LogP contribution >= 0.6 is 0 Å². The van der Waals surface area contributed by atoms with Crippen molar-refractivity contribution in [3.63, 3.8) is 0 Å². The molecule has 0 fully saturated rings. The Morgan fingerprint density at radius 3 is 2.79 bits per heavy atom. The molecule has 0 radical (unpaired) electrons. The quantitative estimate of drug-likeness (QED) is 0.698. The number of benzene rings is 1. The average molecular weight is 191 g/mol. The highest BCUT2D eigenvalue weighted by molar-refractivity contribution is 5.74. The minimum atomic E-state index is -0.399. The monoisotopic (exact) mass is 191 g/mol. The van der Waals surface area contributed by atoms with Crippen LogP contribution in [0.3, 0.4) is 0 Å². The van der Waals surface area contributed by atoms with Crippen LogP contribution in [-0.4, -0.2) is 9.78 Å². The Labute approximate surface area is 81.0 Å². The highest BCUT2D eigenvalue weighted by Gasteiger charge is 2.08. The normalized spacial score (nSPS) is 10.4. The molecule has 0 atom stereocenters. The Hall–Kier alpha value is -1.84. The van der Waals surface area contributed by atoms with E-state index in [0.29, 0.717) is 5.56 Å². The minimum absolute atomic E-state index is 0.163. The van der Waals surface area contributed by atoms with E-state index in [2.05, 4.69) is 5.10 Å². The lowest BCUT2D eigenvalue weighted by Crippen LogP contribution is -1.98. The molecule has 2 aromatic rings. The van der Waals surface area contributed by atoms with Gasteiger partial charge in [0.15, 0.2) is 0 Å². The molecule has 14 heavy (non-hydrogen) atoms. The Morgan fingerprint density at radius 2 is 2.14 bits per heavy atom. The van der Waals surface area contributed by atoms with E-state index < -0.39 is 5.82 Å². The molecule has 0 amide bonds. The number of rotatable bonds is 1. The second-order valence-corrected chi connectivity index (χ2v) is 3.04. The van der Waals surface area contributed by atoms with Gasteiger partial charge in [-0.3, -0.25) is 4.68 Å². The van der Waals surface area contributed by atoms with E-state index in [1.165, 1.54) is 6.07 Å². The molecule has 0 spiro atoms. The van der Waals surface area contributed by atoms with Gasteiger partial charge < -0.3 is 5.73 Å². The summed E-state index contributed by atoms with van der Waals surface area (Å²) in [4.78, 5) is 0. The molecule has 1 aromatic heterocycles. The van der Waals surface area contributed by atoms with E-state index in [1.54, 1.807) is 36.1 Å². The third-order valence-electron chi connectivity index (χ3n) is 2.15. The number of nitrogens with zero attached hydrogens (tertiary/aromatic N) is 2. The first-order chi connectivity index (χ1) is 6.70. The largest absolute Gasteiger partial charge is 0.396 e. The van der Waals surface area contributed by atoms with Crippen LogP contribution in [0.5, 0.6) is 0 Å². The van der Waals surface area contributed by atoms with Crippen molar-refractivity contribution in [2.75, 3.05) is 5.73 Å². The number of halogens is 1. The SMILES string of the molecule is Cn1nccc1-c1cccc(F)c1N. The second kappa shape index (κ2) is 3.14. The Bertz CT molecular complexity index is 462. The molecule has 1 heterocycles. The molecule has 0 bridgehead atoms. The van der Waals surface area contributed by atoms with Crippen molar-refractivity contribution in [2.45, 2.75) is 0 Å². The Kier molecular flexibility index (Phi) is 1.96. The zero-order chi connectivity index (χ0) is 10.1. The van der Waals surface area contributed by atoms with Gasteiger partial charge >= 0.3 is 0 Å². The molecule has 0 saturated carbocycles. The molecule has 1 aromatic carbocycles. The van der Waals surface area contributed by atoms with Crippen LogP contribution in [0.4, 0.5) is 10.1 Å². The highest BCUT2D eigenvalue weighted by Crippen LogP contribution is 2.26. The maximum Gasteiger partial charge on any atom is 0.146 e. The van der Waals surface area contributed by atoms with Crippen molar-refractivity contribution in [2.24, 2.45) is 7.05 Å². The fourth-order valence-electron chi connectivity index (χ4n) is 1.40. The maximum atomic E-state index is 13.1. The Balaban J connectivity index is 2.63. The van der Waals surface area contributed by atoms with Gasteiger partial charge in [-0.05, 0) is 12.1 Å². The van der Waals surface area contributed by atoms with Gasteiger partial charge in [0.25, 0.3) is 0 Å². The van der Waals surface area contributed by atoms with Crippen LogP contribution in [0, 0.1) is 5.82 Å². The number of nitrogens with two attached hydrogens (primary N) is 1. The predicted octanol–water partition coefficient (Wildman–Crippen LogP) is 1.81. The molecule has 0 saturated heterocycles. The number of aromatic nitrogens is 2. The van der Waals surface area contributed by atoms with Gasteiger partial charge in [-0.1, -0.05) is 12.1 Å². The fraction of sp³-hybridized carbons (Fsp3) is 0.100. The Morgan fingerprint density at radius 1 is 1.36 bits per heavy atom. The lowest BCUT2D eigenvalue weighted by Gasteiger charge is -2.06. The van der Waals surface area contributed by atoms with E-state index in [0.717, 1.165) is 5.69 Å². The number of aryl methyl sites for hydroxylation is 1. The van der Waals surface area contributed by atoms with E-state index >= 15 is 0 Å². The topological polar surface area (TPSA) is 43.8 Å². The van der Waals surface area contributed by atoms with Gasteiger partial charge in [0.05, 0.1) is 11.4 Å². The number of nitrogen functional groups attached to an aromatic ring is 1. The summed E-state index contributed by atoms with van der Waals surface area (Å²) in [6.07, 6.45) is 1.65. The lowest BCUT2D eigenvalue weighted by molar-refractivity contribution is 0.632. The number of hydrogen-bond donors (Lipinski definition) is 1. The molecule has 0 aliphatic heterocycles. The second-order valence-electron chi connectivity index (χ2n) is 3.04. The van der Waals surface area contributed by atoms with Crippen LogP contribution < -0.4 is 5.73 Å². The average Bonchev–Trinajstić information content (AvgIpc) is 2.57.